The summed E-state index contributed by atoms with van der Waals surface area (Å²) >= 11 is 0. The Morgan fingerprint density at radius 3 is 2.74 bits per heavy atom. The third-order valence-electron chi connectivity index (χ3n) is 5.45. The molecular formula is C21H29N5O4S. The Labute approximate surface area is 183 Å². The second kappa shape index (κ2) is 9.61. The Kier molecular flexibility index (Phi) is 7.11. The molecule has 1 fully saturated rings. The van der Waals surface area contributed by atoms with Gasteiger partial charge in [0.1, 0.15) is 22.3 Å². The lowest BCUT2D eigenvalue weighted by Gasteiger charge is -2.32. The molecule has 1 atom stereocenters. The van der Waals surface area contributed by atoms with Crippen LogP contribution in [0.3, 0.4) is 0 Å². The topological polar surface area (TPSA) is 105 Å². The lowest BCUT2D eigenvalue weighted by Crippen LogP contribution is -2.39. The fraction of sp³-hybridized carbons (Fsp3) is 0.476. The van der Waals surface area contributed by atoms with Crippen LogP contribution in [-0.2, 0) is 21.4 Å². The molecule has 0 spiro atoms. The second-order valence-corrected chi connectivity index (χ2v) is 9.48. The van der Waals surface area contributed by atoms with Gasteiger partial charge in [0.15, 0.2) is 0 Å². The zero-order chi connectivity index (χ0) is 22.6. The van der Waals surface area contributed by atoms with Crippen LogP contribution in [0.5, 0.6) is 5.75 Å². The van der Waals surface area contributed by atoms with Gasteiger partial charge in [-0.3, -0.25) is 4.79 Å². The molecule has 10 heteroatoms. The number of nitrogens with zero attached hydrogens (tertiary/aromatic N) is 4. The number of aromatic nitrogens is 2. The molecule has 2 heterocycles. The first-order valence-corrected chi connectivity index (χ1v) is 11.6. The predicted octanol–water partition coefficient (Wildman–Crippen LogP) is 2.07. The number of ether oxygens (including phenoxy) is 1. The highest BCUT2D eigenvalue weighted by Crippen LogP contribution is 2.33. The maximum Gasteiger partial charge on any atom is 0.246 e. The second-order valence-electron chi connectivity index (χ2n) is 7.57. The number of para-hydroxylation sites is 1. The standard InChI is InChI=1S/C21H29N5O4S/c1-15(27)25(3)14-21-23-17(12-20(22-2)24-21)16-8-7-11-26(13-16)31(28,29)19-10-6-5-9-18(19)30-4/h5-6,9-10,12,16H,7-8,11,13-14H2,1-4H3,(H,22,23,24). The van der Waals surface area contributed by atoms with Gasteiger partial charge in [-0.1, -0.05) is 12.1 Å². The smallest absolute Gasteiger partial charge is 0.246 e. The molecule has 31 heavy (non-hydrogen) atoms. The number of piperidine rings is 1. The van der Waals surface area contributed by atoms with Crippen molar-refractivity contribution in [3.8, 4) is 5.75 Å². The Morgan fingerprint density at radius 1 is 1.32 bits per heavy atom. The van der Waals surface area contributed by atoms with Crippen LogP contribution in [0, 0.1) is 0 Å². The highest BCUT2D eigenvalue weighted by molar-refractivity contribution is 7.89. The van der Waals surface area contributed by atoms with E-state index < -0.39 is 10.0 Å². The molecule has 1 N–H and O–H groups in total. The number of benzene rings is 1. The number of rotatable bonds is 7. The number of carbonyl (C=O) groups excluding carboxylic acids is 1. The van der Waals surface area contributed by atoms with Crippen molar-refractivity contribution >= 4 is 21.7 Å². The minimum Gasteiger partial charge on any atom is -0.495 e. The van der Waals surface area contributed by atoms with Crippen molar-refractivity contribution in [3.05, 3.63) is 41.9 Å². The zero-order valence-corrected chi connectivity index (χ0v) is 19.1. The number of carbonyl (C=O) groups is 1. The van der Waals surface area contributed by atoms with Gasteiger partial charge in [0.05, 0.1) is 19.3 Å². The fourth-order valence-electron chi connectivity index (χ4n) is 3.62. The highest BCUT2D eigenvalue weighted by Gasteiger charge is 2.33. The minimum absolute atomic E-state index is 0.0743. The van der Waals surface area contributed by atoms with Crippen LogP contribution in [0.2, 0.25) is 0 Å². The molecule has 9 nitrogen and oxygen atoms in total. The van der Waals surface area contributed by atoms with E-state index >= 15 is 0 Å². The average Bonchev–Trinajstić information content (AvgIpc) is 2.78. The van der Waals surface area contributed by atoms with E-state index in [1.807, 2.05) is 6.07 Å². The van der Waals surface area contributed by atoms with Gasteiger partial charge in [-0.05, 0) is 25.0 Å². The Balaban J connectivity index is 1.88. The SMILES string of the molecule is CNc1cc(C2CCCN(S(=O)(=O)c3ccccc3OC)C2)nc(CN(C)C(C)=O)n1. The van der Waals surface area contributed by atoms with Crippen molar-refractivity contribution in [2.24, 2.45) is 0 Å². The predicted molar refractivity (Wildman–Crippen MR) is 117 cm³/mol. The van der Waals surface area contributed by atoms with Crippen molar-refractivity contribution < 1.29 is 17.9 Å². The monoisotopic (exact) mass is 447 g/mol. The van der Waals surface area contributed by atoms with Crippen LogP contribution in [0.25, 0.3) is 0 Å². The summed E-state index contributed by atoms with van der Waals surface area (Å²) in [6.45, 7) is 2.54. The lowest BCUT2D eigenvalue weighted by atomic mass is 9.96. The van der Waals surface area contributed by atoms with E-state index in [0.29, 0.717) is 30.5 Å². The average molecular weight is 448 g/mol. The molecular weight excluding hydrogens is 418 g/mol. The number of hydrogen-bond acceptors (Lipinski definition) is 7. The van der Waals surface area contributed by atoms with Crippen molar-refractivity contribution in [2.45, 2.75) is 37.1 Å². The first kappa shape index (κ1) is 23.0. The maximum atomic E-state index is 13.3. The third-order valence-corrected chi connectivity index (χ3v) is 7.36. The number of anilines is 1. The molecule has 0 saturated carbocycles. The van der Waals surface area contributed by atoms with Gasteiger partial charge in [-0.25, -0.2) is 18.4 Å². The van der Waals surface area contributed by atoms with E-state index in [1.54, 1.807) is 38.4 Å². The summed E-state index contributed by atoms with van der Waals surface area (Å²) in [6, 6.07) is 8.50. The molecule has 168 valence electrons. The molecule has 2 aromatic rings. The fourth-order valence-corrected chi connectivity index (χ4v) is 5.30. The van der Waals surface area contributed by atoms with Gasteiger partial charge in [0, 0.05) is 46.1 Å². The van der Waals surface area contributed by atoms with Crippen molar-refractivity contribution in [2.75, 3.05) is 39.6 Å². The molecule has 1 aliphatic heterocycles. The van der Waals surface area contributed by atoms with E-state index in [0.717, 1.165) is 18.5 Å². The molecule has 1 aromatic heterocycles. The van der Waals surface area contributed by atoms with Crippen LogP contribution in [0.1, 0.15) is 37.2 Å². The van der Waals surface area contributed by atoms with Crippen LogP contribution in [-0.4, -0.2) is 67.8 Å². The number of sulfonamides is 1. The van der Waals surface area contributed by atoms with Gasteiger partial charge in [0.2, 0.25) is 15.9 Å². The van der Waals surface area contributed by atoms with E-state index in [2.05, 4.69) is 15.3 Å². The van der Waals surface area contributed by atoms with E-state index in [1.165, 1.54) is 23.2 Å². The maximum absolute atomic E-state index is 13.3. The summed E-state index contributed by atoms with van der Waals surface area (Å²) in [4.78, 5) is 22.4. The first-order valence-electron chi connectivity index (χ1n) is 10.2. The minimum atomic E-state index is -3.71. The van der Waals surface area contributed by atoms with Crippen molar-refractivity contribution in [1.82, 2.24) is 19.2 Å². The molecule has 3 rings (SSSR count). The molecule has 1 aromatic carbocycles. The van der Waals surface area contributed by atoms with Gasteiger partial charge < -0.3 is 15.0 Å². The summed E-state index contributed by atoms with van der Waals surface area (Å²) < 4.78 is 33.4. The first-order chi connectivity index (χ1) is 14.8. The van der Waals surface area contributed by atoms with Gasteiger partial charge in [0.25, 0.3) is 0 Å². The van der Waals surface area contributed by atoms with Crippen molar-refractivity contribution in [1.29, 1.82) is 0 Å². The quantitative estimate of drug-likeness (QED) is 0.693. The molecule has 0 bridgehead atoms. The largest absolute Gasteiger partial charge is 0.495 e. The van der Waals surface area contributed by atoms with Gasteiger partial charge in [-0.2, -0.15) is 4.31 Å². The number of amides is 1. The summed E-state index contributed by atoms with van der Waals surface area (Å²) in [7, 11) is 1.22. The normalized spacial score (nSPS) is 17.2. The number of hydrogen-bond donors (Lipinski definition) is 1. The Hall–Kier alpha value is -2.72. The summed E-state index contributed by atoms with van der Waals surface area (Å²) in [6.07, 6.45) is 1.54. The highest BCUT2D eigenvalue weighted by atomic mass is 32.2. The number of methoxy groups -OCH3 is 1. The van der Waals surface area contributed by atoms with Crippen LogP contribution in [0.4, 0.5) is 5.82 Å². The zero-order valence-electron chi connectivity index (χ0n) is 18.3. The lowest BCUT2D eigenvalue weighted by molar-refractivity contribution is -0.128. The van der Waals surface area contributed by atoms with E-state index in [-0.39, 0.29) is 23.3 Å². The van der Waals surface area contributed by atoms with Crippen LogP contribution in [0.15, 0.2) is 35.2 Å². The Morgan fingerprint density at radius 2 is 2.06 bits per heavy atom. The summed E-state index contributed by atoms with van der Waals surface area (Å²) in [5, 5.41) is 3.03. The van der Waals surface area contributed by atoms with Gasteiger partial charge >= 0.3 is 0 Å². The number of nitrogens with one attached hydrogen (secondary N) is 1. The molecule has 0 radical (unpaired) electrons. The molecule has 1 unspecified atom stereocenters. The van der Waals surface area contributed by atoms with Crippen LogP contribution >= 0.6 is 0 Å². The van der Waals surface area contributed by atoms with Gasteiger partial charge in [-0.15, -0.1) is 0 Å². The summed E-state index contributed by atoms with van der Waals surface area (Å²) in [5.41, 5.74) is 0.770. The Bertz CT molecular complexity index is 1040. The van der Waals surface area contributed by atoms with E-state index in [9.17, 15) is 13.2 Å². The molecule has 1 aliphatic rings. The van der Waals surface area contributed by atoms with E-state index in [4.69, 9.17) is 4.74 Å². The molecule has 0 aliphatic carbocycles. The molecule has 1 saturated heterocycles. The molecule has 1 amide bonds. The van der Waals surface area contributed by atoms with Crippen molar-refractivity contribution in [3.63, 3.8) is 0 Å². The summed E-state index contributed by atoms with van der Waals surface area (Å²) in [5.74, 6) is 1.34. The van der Waals surface area contributed by atoms with Crippen LogP contribution < -0.4 is 10.1 Å². The third kappa shape index (κ3) is 5.13.